The molecule has 0 saturated carbocycles. The molecule has 0 fully saturated rings. The molecule has 0 N–H and O–H groups in total. The highest BCUT2D eigenvalue weighted by atomic mass is 16.5. The van der Waals surface area contributed by atoms with E-state index in [4.69, 9.17) is 14.7 Å². The molecule has 0 saturated heterocycles. The van der Waals surface area contributed by atoms with Gasteiger partial charge in [-0.25, -0.2) is 0 Å². The summed E-state index contributed by atoms with van der Waals surface area (Å²) in [6, 6.07) is 16.9. The average molecular weight is 239 g/mol. The highest BCUT2D eigenvalue weighted by Crippen LogP contribution is 2.20. The van der Waals surface area contributed by atoms with Crippen LogP contribution in [0.3, 0.4) is 0 Å². The summed E-state index contributed by atoms with van der Waals surface area (Å²) in [5.74, 6) is 1.48. The average Bonchev–Trinajstić information content (AvgIpc) is 2.45. The van der Waals surface area contributed by atoms with E-state index < -0.39 is 0 Å². The van der Waals surface area contributed by atoms with Crippen LogP contribution in [0, 0.1) is 11.3 Å². The highest BCUT2D eigenvalue weighted by molar-refractivity contribution is 5.38. The molecule has 90 valence electrons. The van der Waals surface area contributed by atoms with Crippen molar-refractivity contribution in [2.45, 2.75) is 6.61 Å². The van der Waals surface area contributed by atoms with Gasteiger partial charge in [0.15, 0.2) is 0 Å². The Labute approximate surface area is 106 Å². The third-order valence-electron chi connectivity index (χ3n) is 2.57. The van der Waals surface area contributed by atoms with Crippen molar-refractivity contribution in [1.29, 1.82) is 5.26 Å². The first-order valence-corrected chi connectivity index (χ1v) is 5.58. The van der Waals surface area contributed by atoms with Crippen LogP contribution in [0.2, 0.25) is 0 Å². The van der Waals surface area contributed by atoms with Crippen molar-refractivity contribution in [3.8, 4) is 17.6 Å². The van der Waals surface area contributed by atoms with Gasteiger partial charge in [-0.05, 0) is 18.2 Å². The molecular weight excluding hydrogens is 226 g/mol. The van der Waals surface area contributed by atoms with Crippen LogP contribution in [0.1, 0.15) is 11.1 Å². The molecule has 2 rings (SSSR count). The molecule has 18 heavy (non-hydrogen) atoms. The third kappa shape index (κ3) is 2.80. The summed E-state index contributed by atoms with van der Waals surface area (Å²) in [5, 5.41) is 8.97. The zero-order valence-electron chi connectivity index (χ0n) is 10.1. The Balaban J connectivity index is 2.09. The van der Waals surface area contributed by atoms with Crippen LogP contribution in [-0.2, 0) is 6.61 Å². The molecule has 0 atom stereocenters. The topological polar surface area (TPSA) is 42.2 Å². The molecule has 2 aromatic carbocycles. The van der Waals surface area contributed by atoms with Crippen molar-refractivity contribution in [1.82, 2.24) is 0 Å². The van der Waals surface area contributed by atoms with Crippen LogP contribution in [-0.4, -0.2) is 7.11 Å². The normalized spacial score (nSPS) is 9.56. The smallest absolute Gasteiger partial charge is 0.123 e. The fraction of sp³-hybridized carbons (Fsp3) is 0.133. The fourth-order valence-electron chi connectivity index (χ4n) is 1.61. The van der Waals surface area contributed by atoms with Crippen molar-refractivity contribution in [3.63, 3.8) is 0 Å². The molecule has 0 heterocycles. The van der Waals surface area contributed by atoms with Gasteiger partial charge in [0, 0.05) is 11.6 Å². The summed E-state index contributed by atoms with van der Waals surface area (Å²) in [6.45, 7) is 0.372. The second kappa shape index (κ2) is 5.74. The van der Waals surface area contributed by atoms with E-state index in [1.807, 2.05) is 42.5 Å². The lowest BCUT2D eigenvalue weighted by atomic mass is 10.1. The molecule has 0 aliphatic heterocycles. The second-order valence-corrected chi connectivity index (χ2v) is 3.74. The summed E-state index contributed by atoms with van der Waals surface area (Å²) in [4.78, 5) is 0. The molecule has 3 heteroatoms. The molecule has 0 aromatic heterocycles. The maximum atomic E-state index is 8.97. The van der Waals surface area contributed by atoms with Gasteiger partial charge in [-0.3, -0.25) is 0 Å². The molecule has 0 unspecified atom stereocenters. The van der Waals surface area contributed by atoms with Gasteiger partial charge < -0.3 is 9.47 Å². The number of hydrogen-bond acceptors (Lipinski definition) is 3. The summed E-state index contributed by atoms with van der Waals surface area (Å²) < 4.78 is 10.8. The number of nitrogens with zero attached hydrogens (tertiary/aromatic N) is 1. The minimum atomic E-state index is 0.372. The van der Waals surface area contributed by atoms with Gasteiger partial charge in [-0.2, -0.15) is 5.26 Å². The predicted octanol–water partition coefficient (Wildman–Crippen LogP) is 3.15. The van der Waals surface area contributed by atoms with Crippen molar-refractivity contribution < 1.29 is 9.47 Å². The van der Waals surface area contributed by atoms with Gasteiger partial charge in [-0.15, -0.1) is 0 Å². The Kier molecular flexibility index (Phi) is 3.83. The molecule has 0 amide bonds. The van der Waals surface area contributed by atoms with Crippen LogP contribution in [0.25, 0.3) is 0 Å². The SMILES string of the molecule is COc1cccc(OCc2ccccc2C#N)c1. The fourth-order valence-corrected chi connectivity index (χ4v) is 1.61. The van der Waals surface area contributed by atoms with Crippen LogP contribution in [0.15, 0.2) is 48.5 Å². The van der Waals surface area contributed by atoms with Gasteiger partial charge in [0.2, 0.25) is 0 Å². The van der Waals surface area contributed by atoms with E-state index in [9.17, 15) is 0 Å². The molecule has 0 aliphatic rings. The highest BCUT2D eigenvalue weighted by Gasteiger charge is 2.02. The molecule has 0 aliphatic carbocycles. The molecule has 2 aromatic rings. The first-order chi connectivity index (χ1) is 8.83. The van der Waals surface area contributed by atoms with Crippen LogP contribution in [0.4, 0.5) is 0 Å². The number of nitriles is 1. The molecule has 0 spiro atoms. The van der Waals surface area contributed by atoms with Gasteiger partial charge in [0.05, 0.1) is 18.7 Å². The first kappa shape index (κ1) is 12.0. The van der Waals surface area contributed by atoms with Gasteiger partial charge in [0.25, 0.3) is 0 Å². The monoisotopic (exact) mass is 239 g/mol. The van der Waals surface area contributed by atoms with Gasteiger partial charge in [-0.1, -0.05) is 24.3 Å². The Morgan fingerprint density at radius 2 is 1.83 bits per heavy atom. The Morgan fingerprint density at radius 3 is 2.61 bits per heavy atom. The first-order valence-electron chi connectivity index (χ1n) is 5.58. The summed E-state index contributed by atoms with van der Waals surface area (Å²) in [7, 11) is 1.62. The molecule has 3 nitrogen and oxygen atoms in total. The minimum Gasteiger partial charge on any atom is -0.497 e. The number of benzene rings is 2. The summed E-state index contributed by atoms with van der Waals surface area (Å²) >= 11 is 0. The maximum Gasteiger partial charge on any atom is 0.123 e. The van der Waals surface area contributed by atoms with E-state index >= 15 is 0 Å². The molecule has 0 radical (unpaired) electrons. The zero-order chi connectivity index (χ0) is 12.8. The van der Waals surface area contributed by atoms with E-state index in [0.29, 0.717) is 12.2 Å². The van der Waals surface area contributed by atoms with Gasteiger partial charge in [0.1, 0.15) is 18.1 Å². The van der Waals surface area contributed by atoms with E-state index in [1.165, 1.54) is 0 Å². The summed E-state index contributed by atoms with van der Waals surface area (Å²) in [5.41, 5.74) is 1.52. The van der Waals surface area contributed by atoms with E-state index in [2.05, 4.69) is 6.07 Å². The lowest BCUT2D eigenvalue weighted by Crippen LogP contribution is -1.98. The van der Waals surface area contributed by atoms with Crippen molar-refractivity contribution >= 4 is 0 Å². The molecule has 0 bridgehead atoms. The van der Waals surface area contributed by atoms with Crippen molar-refractivity contribution in [2.24, 2.45) is 0 Å². The Hall–Kier alpha value is -2.47. The standard InChI is InChI=1S/C15H13NO2/c1-17-14-7-4-8-15(9-14)18-11-13-6-3-2-5-12(13)10-16/h2-9H,11H2,1H3. The minimum absolute atomic E-state index is 0.372. The third-order valence-corrected chi connectivity index (χ3v) is 2.57. The summed E-state index contributed by atoms with van der Waals surface area (Å²) in [6.07, 6.45) is 0. The Morgan fingerprint density at radius 1 is 1.06 bits per heavy atom. The number of ether oxygens (including phenoxy) is 2. The van der Waals surface area contributed by atoms with Crippen LogP contribution >= 0.6 is 0 Å². The van der Waals surface area contributed by atoms with Crippen molar-refractivity contribution in [2.75, 3.05) is 7.11 Å². The maximum absolute atomic E-state index is 8.97. The Bertz CT molecular complexity index is 573. The van der Waals surface area contributed by atoms with E-state index in [1.54, 1.807) is 13.2 Å². The predicted molar refractivity (Wildman–Crippen MR) is 68.5 cm³/mol. The second-order valence-electron chi connectivity index (χ2n) is 3.74. The molecular formula is C15H13NO2. The number of rotatable bonds is 4. The van der Waals surface area contributed by atoms with Gasteiger partial charge >= 0.3 is 0 Å². The van der Waals surface area contributed by atoms with E-state index in [0.717, 1.165) is 17.1 Å². The van der Waals surface area contributed by atoms with Crippen molar-refractivity contribution in [3.05, 3.63) is 59.7 Å². The lowest BCUT2D eigenvalue weighted by Gasteiger charge is -2.08. The van der Waals surface area contributed by atoms with E-state index in [-0.39, 0.29) is 0 Å². The number of methoxy groups -OCH3 is 1. The van der Waals surface area contributed by atoms with Crippen LogP contribution < -0.4 is 9.47 Å². The largest absolute Gasteiger partial charge is 0.497 e. The number of hydrogen-bond donors (Lipinski definition) is 0. The van der Waals surface area contributed by atoms with Crippen LogP contribution in [0.5, 0.6) is 11.5 Å². The zero-order valence-corrected chi connectivity index (χ0v) is 10.1. The quantitative estimate of drug-likeness (QED) is 0.823. The lowest BCUT2D eigenvalue weighted by molar-refractivity contribution is 0.303.